The average molecular weight is 524 g/mol. The molecule has 0 spiro atoms. The molecule has 4 fully saturated rings. The molecule has 210 valence electrons. The molecule has 4 saturated carbocycles. The van der Waals surface area contributed by atoms with Crippen LogP contribution in [0.4, 0.5) is 0 Å². The number of ketones is 1. The maximum absolute atomic E-state index is 13.7. The van der Waals surface area contributed by atoms with E-state index in [4.69, 9.17) is 11.3 Å². The summed E-state index contributed by atoms with van der Waals surface area (Å²) in [5.74, 6) is 0.371. The van der Waals surface area contributed by atoms with Gasteiger partial charge >= 0.3 is 5.97 Å². The van der Waals surface area contributed by atoms with Gasteiger partial charge in [0.1, 0.15) is 0 Å². The molecule has 5 nitrogen and oxygen atoms in total. The smallest absolute Gasteiger partial charge is 0.312 e. The van der Waals surface area contributed by atoms with Gasteiger partial charge in [0.15, 0.2) is 5.78 Å². The minimum absolute atomic E-state index is 0.0275. The van der Waals surface area contributed by atoms with Gasteiger partial charge < -0.3 is 14.6 Å². The molecule has 0 amide bonds. The fourth-order valence-electron chi connectivity index (χ4n) is 11.2. The molecule has 9 atom stereocenters. The van der Waals surface area contributed by atoms with E-state index in [2.05, 4.69) is 39.5 Å². The molecule has 0 unspecified atom stereocenters. The van der Waals surface area contributed by atoms with Crippen molar-refractivity contribution < 1.29 is 19.4 Å². The number of hydrogen-bond donors (Lipinski definition) is 1. The summed E-state index contributed by atoms with van der Waals surface area (Å²) in [6.07, 6.45) is 8.62. The predicted octanol–water partition coefficient (Wildman–Crippen LogP) is 6.99. The van der Waals surface area contributed by atoms with Gasteiger partial charge in [-0.25, -0.2) is 4.85 Å². The lowest BCUT2D eigenvalue weighted by molar-refractivity contribution is -0.261. The van der Waals surface area contributed by atoms with Crippen LogP contribution in [0.5, 0.6) is 0 Å². The Morgan fingerprint density at radius 1 is 1.03 bits per heavy atom. The number of nitrogens with zero attached hydrogens (tertiary/aromatic N) is 1. The minimum atomic E-state index is -0.591. The van der Waals surface area contributed by atoms with Crippen LogP contribution in [0.25, 0.3) is 4.85 Å². The van der Waals surface area contributed by atoms with E-state index in [-0.39, 0.29) is 62.8 Å². The van der Waals surface area contributed by atoms with Gasteiger partial charge in [0.2, 0.25) is 5.70 Å². The van der Waals surface area contributed by atoms with Crippen molar-refractivity contribution >= 4 is 11.8 Å². The highest BCUT2D eigenvalue weighted by atomic mass is 16.5. The van der Waals surface area contributed by atoms with Crippen LogP contribution in [0.2, 0.25) is 0 Å². The molecule has 5 aliphatic rings. The van der Waals surface area contributed by atoms with Crippen LogP contribution in [0.1, 0.15) is 107 Å². The Labute approximate surface area is 230 Å². The Hall–Kier alpha value is -1.67. The van der Waals surface area contributed by atoms with E-state index in [0.29, 0.717) is 13.0 Å². The molecule has 5 aliphatic carbocycles. The number of fused-ring (bicyclic) bond motifs is 7. The van der Waals surface area contributed by atoms with Crippen LogP contribution in [0.3, 0.4) is 0 Å². The fraction of sp³-hybridized carbons (Fsp3) is 0.848. The monoisotopic (exact) mass is 523 g/mol. The summed E-state index contributed by atoms with van der Waals surface area (Å²) >= 11 is 0. The van der Waals surface area contributed by atoms with Gasteiger partial charge in [-0.1, -0.05) is 54.5 Å². The number of aliphatic hydroxyl groups excluding tert-OH is 1. The summed E-state index contributed by atoms with van der Waals surface area (Å²) in [7, 11) is 0. The van der Waals surface area contributed by atoms with Gasteiger partial charge in [-0.05, 0) is 104 Å². The molecule has 38 heavy (non-hydrogen) atoms. The SMILES string of the molecule is [C-]#[N+]C1=C[C@]2(C)[C@H]3C[C@@H](O)[C@@H]4[C@@H]5CC(C)(C)CC[C@]5(C(=O)OCC)CC[C@@]4(C)[C@]3(C)CC[C@H]2C(C)(C)C1=O. The number of ether oxygens (including phenoxy) is 1. The summed E-state index contributed by atoms with van der Waals surface area (Å²) in [5, 5.41) is 12.2. The zero-order valence-corrected chi connectivity index (χ0v) is 24.9. The summed E-state index contributed by atoms with van der Waals surface area (Å²) < 4.78 is 5.74. The van der Waals surface area contributed by atoms with Crippen molar-refractivity contribution in [1.29, 1.82) is 0 Å². The maximum Gasteiger partial charge on any atom is 0.312 e. The second-order valence-corrected chi connectivity index (χ2v) is 15.7. The van der Waals surface area contributed by atoms with E-state index in [1.807, 2.05) is 26.8 Å². The Kier molecular flexibility index (Phi) is 6.18. The number of rotatable bonds is 2. The molecule has 0 aromatic heterocycles. The van der Waals surface area contributed by atoms with Crippen molar-refractivity contribution in [3.05, 3.63) is 23.2 Å². The number of allylic oxidation sites excluding steroid dienone is 2. The highest BCUT2D eigenvalue weighted by Gasteiger charge is 2.72. The molecule has 0 saturated heterocycles. The Balaban J connectivity index is 1.63. The highest BCUT2D eigenvalue weighted by Crippen LogP contribution is 2.76. The zero-order valence-electron chi connectivity index (χ0n) is 24.9. The highest BCUT2D eigenvalue weighted by molar-refractivity contribution is 6.02. The molecule has 0 radical (unpaired) electrons. The van der Waals surface area contributed by atoms with Crippen molar-refractivity contribution in [2.75, 3.05) is 6.61 Å². The first-order valence-corrected chi connectivity index (χ1v) is 15.0. The molecule has 5 rings (SSSR count). The van der Waals surface area contributed by atoms with Crippen LogP contribution in [0, 0.1) is 62.7 Å². The average Bonchev–Trinajstić information content (AvgIpc) is 2.82. The third kappa shape index (κ3) is 3.37. The van der Waals surface area contributed by atoms with E-state index in [1.165, 1.54) is 0 Å². The second-order valence-electron chi connectivity index (χ2n) is 15.7. The van der Waals surface area contributed by atoms with Gasteiger partial charge in [0.25, 0.3) is 0 Å². The van der Waals surface area contributed by atoms with E-state index in [9.17, 15) is 14.7 Å². The second kappa shape index (κ2) is 8.42. The lowest BCUT2D eigenvalue weighted by Gasteiger charge is -2.73. The first-order valence-electron chi connectivity index (χ1n) is 15.0. The number of carbonyl (C=O) groups excluding carboxylic acids is 2. The van der Waals surface area contributed by atoms with Crippen LogP contribution in [-0.2, 0) is 14.3 Å². The molecule has 0 bridgehead atoms. The maximum atomic E-state index is 13.7. The van der Waals surface area contributed by atoms with E-state index >= 15 is 0 Å². The van der Waals surface area contributed by atoms with Crippen molar-refractivity contribution in [2.24, 2.45) is 56.2 Å². The Morgan fingerprint density at radius 3 is 2.32 bits per heavy atom. The van der Waals surface area contributed by atoms with Crippen molar-refractivity contribution in [3.63, 3.8) is 0 Å². The van der Waals surface area contributed by atoms with Crippen LogP contribution in [-0.4, -0.2) is 29.6 Å². The molecular formula is C33H49NO4. The van der Waals surface area contributed by atoms with Crippen LogP contribution >= 0.6 is 0 Å². The molecule has 0 aliphatic heterocycles. The number of hydrogen-bond acceptors (Lipinski definition) is 4. The van der Waals surface area contributed by atoms with E-state index in [0.717, 1.165) is 44.9 Å². The molecule has 0 heterocycles. The first kappa shape index (κ1) is 27.9. The third-order valence-corrected chi connectivity index (χ3v) is 13.3. The lowest BCUT2D eigenvalue weighted by atomic mass is 9.31. The van der Waals surface area contributed by atoms with Crippen molar-refractivity contribution in [1.82, 2.24) is 0 Å². The molecule has 1 N–H and O–H groups in total. The first-order chi connectivity index (χ1) is 17.5. The quantitative estimate of drug-likeness (QED) is 0.313. The van der Waals surface area contributed by atoms with E-state index in [1.54, 1.807) is 0 Å². The molecule has 0 aromatic rings. The summed E-state index contributed by atoms with van der Waals surface area (Å²) in [6, 6.07) is 0. The van der Waals surface area contributed by atoms with Crippen molar-refractivity contribution in [2.45, 2.75) is 113 Å². The number of Topliss-reactive ketones (excluding diaryl/α,β-unsaturated/α-hetero) is 1. The van der Waals surface area contributed by atoms with Gasteiger partial charge in [0.05, 0.1) is 24.7 Å². The Bertz CT molecular complexity index is 1110. The van der Waals surface area contributed by atoms with Crippen LogP contribution < -0.4 is 0 Å². The Morgan fingerprint density at radius 2 is 1.68 bits per heavy atom. The minimum Gasteiger partial charge on any atom is -0.466 e. The van der Waals surface area contributed by atoms with Crippen molar-refractivity contribution in [3.8, 4) is 0 Å². The summed E-state index contributed by atoms with van der Waals surface area (Å²) in [5.41, 5.74) is -1.23. The number of esters is 1. The van der Waals surface area contributed by atoms with Gasteiger partial charge in [0, 0.05) is 5.41 Å². The van der Waals surface area contributed by atoms with Gasteiger partial charge in [-0.2, -0.15) is 0 Å². The standard InChI is InChI=1S/C33H49NO4/c1-10-38-27(37)33-15-13-28(2,3)18-20(33)25-22(35)17-24-30(6)19-21(34-9)26(36)29(4,5)23(30)11-12-31(24,7)32(25,8)14-16-33/h19-20,22-25,35H,10-18H2,1-8H3/t20-,22+,23-,24+,25-,30-,31+,32+,33-/m0/s1. The normalized spacial score (nSPS) is 48.8. The predicted molar refractivity (Wildman–Crippen MR) is 148 cm³/mol. The topological polar surface area (TPSA) is 68.0 Å². The summed E-state index contributed by atoms with van der Waals surface area (Å²) in [4.78, 5) is 30.6. The fourth-order valence-corrected chi connectivity index (χ4v) is 11.2. The molecule has 5 heteroatoms. The number of carbonyl (C=O) groups is 2. The van der Waals surface area contributed by atoms with Gasteiger partial charge in [-0.15, -0.1) is 0 Å². The zero-order chi connectivity index (χ0) is 28.1. The summed E-state index contributed by atoms with van der Waals surface area (Å²) in [6.45, 7) is 25.9. The third-order valence-electron chi connectivity index (χ3n) is 13.3. The molecule has 0 aromatic carbocycles. The van der Waals surface area contributed by atoms with E-state index < -0.39 is 16.9 Å². The lowest BCUT2D eigenvalue weighted by Crippen LogP contribution is -2.70. The largest absolute Gasteiger partial charge is 0.466 e. The molecular weight excluding hydrogens is 474 g/mol. The van der Waals surface area contributed by atoms with Crippen LogP contribution in [0.15, 0.2) is 11.8 Å². The number of aliphatic hydroxyl groups is 1. The van der Waals surface area contributed by atoms with Gasteiger partial charge in [-0.3, -0.25) is 4.79 Å².